The van der Waals surface area contributed by atoms with Crippen LogP contribution in [0.4, 0.5) is 5.69 Å². The first-order chi connectivity index (χ1) is 9.49. The van der Waals surface area contributed by atoms with Gasteiger partial charge in [0.15, 0.2) is 0 Å². The molecule has 1 unspecified atom stereocenters. The lowest BCUT2D eigenvalue weighted by Gasteiger charge is -2.14. The van der Waals surface area contributed by atoms with Crippen LogP contribution in [0.2, 0.25) is 0 Å². The fourth-order valence-corrected chi connectivity index (χ4v) is 1.64. The van der Waals surface area contributed by atoms with Gasteiger partial charge in [-0.15, -0.1) is 12.4 Å². The topological polar surface area (TPSA) is 93.5 Å². The van der Waals surface area contributed by atoms with Crippen LogP contribution in [0.1, 0.15) is 22.8 Å². The Morgan fingerprint density at radius 1 is 1.38 bits per heavy atom. The van der Waals surface area contributed by atoms with Gasteiger partial charge in [-0.3, -0.25) is 9.59 Å². The summed E-state index contributed by atoms with van der Waals surface area (Å²) in [4.78, 5) is 23.6. The van der Waals surface area contributed by atoms with E-state index < -0.39 is 6.04 Å². The van der Waals surface area contributed by atoms with Crippen molar-refractivity contribution >= 4 is 29.9 Å². The molecule has 2 amide bonds. The molecule has 1 rings (SSSR count). The summed E-state index contributed by atoms with van der Waals surface area (Å²) in [5.74, 6) is -0.521. The number of anilines is 1. The van der Waals surface area contributed by atoms with E-state index in [0.29, 0.717) is 17.8 Å². The summed E-state index contributed by atoms with van der Waals surface area (Å²) < 4.78 is 4.84. The Morgan fingerprint density at radius 3 is 2.62 bits per heavy atom. The largest absolute Gasteiger partial charge is 0.383 e. The molecule has 0 heterocycles. The number of aryl methyl sites for hydroxylation is 1. The number of hydrogen-bond acceptors (Lipinski definition) is 4. The van der Waals surface area contributed by atoms with Crippen LogP contribution in [-0.4, -0.2) is 38.1 Å². The molecule has 0 aromatic heterocycles. The smallest absolute Gasteiger partial charge is 0.251 e. The molecular weight excluding hydrogens is 294 g/mol. The number of methoxy groups -OCH3 is 1. The van der Waals surface area contributed by atoms with Crippen molar-refractivity contribution in [1.82, 2.24) is 5.32 Å². The SMILES string of the molecule is CCNC(=O)c1ccc(C)c(NC(=O)C(N)COC)c1.Cl. The zero-order valence-electron chi connectivity index (χ0n) is 12.4. The lowest BCUT2D eigenvalue weighted by Crippen LogP contribution is -2.39. The molecule has 0 saturated heterocycles. The van der Waals surface area contributed by atoms with Crippen molar-refractivity contribution in [1.29, 1.82) is 0 Å². The van der Waals surface area contributed by atoms with E-state index >= 15 is 0 Å². The van der Waals surface area contributed by atoms with Crippen molar-refractivity contribution in [3.63, 3.8) is 0 Å². The fourth-order valence-electron chi connectivity index (χ4n) is 1.64. The van der Waals surface area contributed by atoms with Crippen LogP contribution in [0.5, 0.6) is 0 Å². The molecule has 6 nitrogen and oxygen atoms in total. The number of carbonyl (C=O) groups excluding carboxylic acids is 2. The second kappa shape index (κ2) is 9.33. The van der Waals surface area contributed by atoms with Crippen LogP contribution in [0, 0.1) is 6.92 Å². The minimum absolute atomic E-state index is 0. The predicted molar refractivity (Wildman–Crippen MR) is 84.9 cm³/mol. The Balaban J connectivity index is 0.00000400. The fraction of sp³-hybridized carbons (Fsp3) is 0.429. The summed E-state index contributed by atoms with van der Waals surface area (Å²) >= 11 is 0. The van der Waals surface area contributed by atoms with Crippen molar-refractivity contribution in [3.05, 3.63) is 29.3 Å². The highest BCUT2D eigenvalue weighted by Crippen LogP contribution is 2.17. The minimum Gasteiger partial charge on any atom is -0.383 e. The molecule has 0 radical (unpaired) electrons. The predicted octanol–water partition coefficient (Wildman–Crippen LogP) is 1.08. The standard InChI is InChI=1S/C14H21N3O3.ClH/c1-4-16-13(18)10-6-5-9(2)12(7-10)17-14(19)11(15)8-20-3;/h5-7,11H,4,8,15H2,1-3H3,(H,16,18)(H,17,19);1H. The summed E-state index contributed by atoms with van der Waals surface area (Å²) in [6.45, 7) is 4.38. The van der Waals surface area contributed by atoms with Gasteiger partial charge >= 0.3 is 0 Å². The first-order valence-corrected chi connectivity index (χ1v) is 6.43. The maximum Gasteiger partial charge on any atom is 0.251 e. The summed E-state index contributed by atoms with van der Waals surface area (Å²) in [7, 11) is 1.48. The van der Waals surface area contributed by atoms with Gasteiger partial charge in [-0.1, -0.05) is 6.07 Å². The molecule has 7 heteroatoms. The molecule has 0 fully saturated rings. The number of amides is 2. The number of carbonyl (C=O) groups is 2. The van der Waals surface area contributed by atoms with E-state index in [2.05, 4.69) is 10.6 Å². The van der Waals surface area contributed by atoms with Crippen molar-refractivity contribution < 1.29 is 14.3 Å². The van der Waals surface area contributed by atoms with E-state index in [1.54, 1.807) is 18.2 Å². The Morgan fingerprint density at radius 2 is 2.05 bits per heavy atom. The molecule has 0 aliphatic heterocycles. The Bertz CT molecular complexity index is 494. The maximum absolute atomic E-state index is 11.8. The highest BCUT2D eigenvalue weighted by atomic mass is 35.5. The Kier molecular flexibility index (Phi) is 8.61. The summed E-state index contributed by atoms with van der Waals surface area (Å²) in [5.41, 5.74) is 7.58. The lowest BCUT2D eigenvalue weighted by molar-refractivity contribution is -0.118. The van der Waals surface area contributed by atoms with Gasteiger partial charge in [0.05, 0.1) is 6.61 Å². The normalized spacial score (nSPS) is 11.2. The monoisotopic (exact) mass is 315 g/mol. The zero-order chi connectivity index (χ0) is 15.1. The molecule has 0 spiro atoms. The lowest BCUT2D eigenvalue weighted by atomic mass is 10.1. The molecule has 0 aliphatic carbocycles. The highest BCUT2D eigenvalue weighted by molar-refractivity contribution is 5.99. The van der Waals surface area contributed by atoms with E-state index in [1.165, 1.54) is 7.11 Å². The molecule has 1 aromatic rings. The molecule has 0 bridgehead atoms. The minimum atomic E-state index is -0.743. The summed E-state index contributed by atoms with van der Waals surface area (Å²) in [6, 6.07) is 4.39. The molecule has 0 saturated carbocycles. The first kappa shape index (κ1) is 19.4. The van der Waals surface area contributed by atoms with Crippen LogP contribution in [-0.2, 0) is 9.53 Å². The van der Waals surface area contributed by atoms with Crippen LogP contribution in [0.15, 0.2) is 18.2 Å². The summed E-state index contributed by atoms with van der Waals surface area (Å²) in [6.07, 6.45) is 0. The number of nitrogens with two attached hydrogens (primary N) is 1. The summed E-state index contributed by atoms with van der Waals surface area (Å²) in [5, 5.41) is 5.42. The van der Waals surface area contributed by atoms with E-state index in [9.17, 15) is 9.59 Å². The van der Waals surface area contributed by atoms with Gasteiger partial charge < -0.3 is 21.1 Å². The first-order valence-electron chi connectivity index (χ1n) is 6.43. The van der Waals surface area contributed by atoms with E-state index in [-0.39, 0.29) is 30.8 Å². The third kappa shape index (κ3) is 5.71. The van der Waals surface area contributed by atoms with Crippen molar-refractivity contribution in [2.45, 2.75) is 19.9 Å². The van der Waals surface area contributed by atoms with Gasteiger partial charge in [0.25, 0.3) is 5.91 Å². The van der Waals surface area contributed by atoms with E-state index in [0.717, 1.165) is 5.56 Å². The van der Waals surface area contributed by atoms with Gasteiger partial charge in [0.2, 0.25) is 5.91 Å². The average Bonchev–Trinajstić information content (AvgIpc) is 2.41. The number of rotatable bonds is 6. The molecule has 1 aromatic carbocycles. The number of benzene rings is 1. The highest BCUT2D eigenvalue weighted by Gasteiger charge is 2.15. The molecular formula is C14H22ClN3O3. The molecule has 4 N–H and O–H groups in total. The number of ether oxygens (including phenoxy) is 1. The van der Waals surface area contributed by atoms with Gasteiger partial charge in [0.1, 0.15) is 6.04 Å². The van der Waals surface area contributed by atoms with E-state index in [4.69, 9.17) is 10.5 Å². The number of nitrogens with one attached hydrogen (secondary N) is 2. The van der Waals surface area contributed by atoms with Crippen molar-refractivity contribution in [2.75, 3.05) is 25.6 Å². The quantitative estimate of drug-likeness (QED) is 0.732. The Hall–Kier alpha value is -1.63. The van der Waals surface area contributed by atoms with Crippen LogP contribution < -0.4 is 16.4 Å². The maximum atomic E-state index is 11.8. The van der Waals surface area contributed by atoms with E-state index in [1.807, 2.05) is 13.8 Å². The Labute approximate surface area is 130 Å². The molecule has 118 valence electrons. The van der Waals surface area contributed by atoms with Crippen LogP contribution in [0.3, 0.4) is 0 Å². The molecule has 21 heavy (non-hydrogen) atoms. The molecule has 0 aliphatic rings. The third-order valence-electron chi connectivity index (χ3n) is 2.78. The van der Waals surface area contributed by atoms with Gasteiger partial charge in [-0.2, -0.15) is 0 Å². The van der Waals surface area contributed by atoms with Gasteiger partial charge in [0, 0.05) is 24.9 Å². The van der Waals surface area contributed by atoms with Crippen molar-refractivity contribution in [3.8, 4) is 0 Å². The molecule has 1 atom stereocenters. The number of hydrogen-bond donors (Lipinski definition) is 3. The second-order valence-corrected chi connectivity index (χ2v) is 4.44. The van der Waals surface area contributed by atoms with Gasteiger partial charge in [-0.25, -0.2) is 0 Å². The van der Waals surface area contributed by atoms with Gasteiger partial charge in [-0.05, 0) is 31.5 Å². The zero-order valence-corrected chi connectivity index (χ0v) is 13.3. The second-order valence-electron chi connectivity index (χ2n) is 4.44. The average molecular weight is 316 g/mol. The van der Waals surface area contributed by atoms with Crippen molar-refractivity contribution in [2.24, 2.45) is 5.73 Å². The third-order valence-corrected chi connectivity index (χ3v) is 2.78. The number of halogens is 1. The van der Waals surface area contributed by atoms with Crippen LogP contribution in [0.25, 0.3) is 0 Å². The van der Waals surface area contributed by atoms with Crippen LogP contribution >= 0.6 is 12.4 Å².